The summed E-state index contributed by atoms with van der Waals surface area (Å²) in [5.41, 5.74) is 10.1. The van der Waals surface area contributed by atoms with E-state index in [1.54, 1.807) is 62.6 Å². The third kappa shape index (κ3) is 7.03. The van der Waals surface area contributed by atoms with Crippen LogP contribution in [0.25, 0.3) is 22.5 Å². The predicted octanol–water partition coefficient (Wildman–Crippen LogP) is 8.30. The third-order valence-electron chi connectivity index (χ3n) is 7.76. The summed E-state index contributed by atoms with van der Waals surface area (Å²) in [5, 5.41) is 24.4. The van der Waals surface area contributed by atoms with Crippen molar-refractivity contribution >= 4 is 23.3 Å². The molecule has 0 spiro atoms. The molecule has 10 nitrogen and oxygen atoms in total. The molecular formula is C36H32F2N10. The fourth-order valence-electron chi connectivity index (χ4n) is 5.26. The van der Waals surface area contributed by atoms with Gasteiger partial charge >= 0.3 is 0 Å². The number of nitrogens with zero attached hydrogens (tertiary/aromatic N) is 6. The van der Waals surface area contributed by atoms with E-state index in [2.05, 4.69) is 52.7 Å². The second kappa shape index (κ2) is 13.9. The number of aromatic amines is 2. The van der Waals surface area contributed by atoms with Gasteiger partial charge in [0.1, 0.15) is 35.2 Å². The van der Waals surface area contributed by atoms with E-state index in [4.69, 9.17) is 10.5 Å². The van der Waals surface area contributed by atoms with Crippen LogP contribution in [-0.4, -0.2) is 29.9 Å². The van der Waals surface area contributed by atoms with Gasteiger partial charge < -0.3 is 20.6 Å². The number of aryl methyl sites for hydroxylation is 4. The van der Waals surface area contributed by atoms with Gasteiger partial charge in [-0.2, -0.15) is 10.5 Å². The van der Waals surface area contributed by atoms with E-state index in [-0.39, 0.29) is 11.6 Å². The predicted molar refractivity (Wildman–Crippen MR) is 181 cm³/mol. The Balaban J connectivity index is 0.000000188. The van der Waals surface area contributed by atoms with Crippen LogP contribution in [-0.2, 0) is 0 Å². The van der Waals surface area contributed by atoms with Gasteiger partial charge in [0, 0.05) is 46.3 Å². The van der Waals surface area contributed by atoms with Crippen LogP contribution >= 0.6 is 0 Å². The highest BCUT2D eigenvalue weighted by Gasteiger charge is 2.16. The zero-order valence-corrected chi connectivity index (χ0v) is 27.2. The van der Waals surface area contributed by atoms with Crippen LogP contribution in [0.2, 0.25) is 0 Å². The number of hydrogen-bond donors (Lipinski definition) is 4. The summed E-state index contributed by atoms with van der Waals surface area (Å²) in [6, 6.07) is 17.5. The molecule has 0 bridgehead atoms. The molecule has 4 aromatic heterocycles. The van der Waals surface area contributed by atoms with Gasteiger partial charge in [0.05, 0.1) is 11.4 Å². The van der Waals surface area contributed by atoms with Crippen molar-refractivity contribution in [1.29, 1.82) is 10.5 Å². The lowest BCUT2D eigenvalue weighted by atomic mass is 10.1. The minimum Gasteiger partial charge on any atom is -0.350 e. The van der Waals surface area contributed by atoms with E-state index in [0.717, 1.165) is 39.3 Å². The summed E-state index contributed by atoms with van der Waals surface area (Å²) in [4.78, 5) is 23.5. The maximum Gasteiger partial charge on any atom is 0.227 e. The highest BCUT2D eigenvalue weighted by atomic mass is 19.1. The van der Waals surface area contributed by atoms with Crippen molar-refractivity contribution in [2.75, 3.05) is 10.6 Å². The third-order valence-corrected chi connectivity index (χ3v) is 7.76. The van der Waals surface area contributed by atoms with E-state index in [1.165, 1.54) is 12.1 Å². The van der Waals surface area contributed by atoms with Gasteiger partial charge in [-0.3, -0.25) is 0 Å². The molecule has 2 aromatic carbocycles. The Bertz CT molecular complexity index is 2060. The SMILES string of the molecule is Cc1cc(Nc2nccc(-c3c(C)[nH]c(C#N)c3C)n2)ccc1F.Cc1ccc(Nc2nccc(-c3c(C)[nH]c(C#N)c3C)n2)cc1F. The molecule has 0 atom stereocenters. The first-order valence-corrected chi connectivity index (χ1v) is 14.9. The molecule has 0 amide bonds. The molecular weight excluding hydrogens is 610 g/mol. The van der Waals surface area contributed by atoms with Crippen molar-refractivity contribution in [1.82, 2.24) is 29.9 Å². The molecule has 240 valence electrons. The monoisotopic (exact) mass is 642 g/mol. The van der Waals surface area contributed by atoms with Gasteiger partial charge in [-0.05, 0) is 106 Å². The van der Waals surface area contributed by atoms with Crippen molar-refractivity contribution in [3.8, 4) is 34.7 Å². The standard InChI is InChI=1S/2C18H16FN5/c1-10-8-13(4-5-14(10)19)23-18-21-7-6-15(24-18)17-11(2)16(9-20)22-12(17)3;1-10-4-5-13(8-14(10)19)23-18-21-7-6-15(24-18)17-11(2)16(9-20)22-12(17)3/h2*4-8,22H,1-3H3,(H,21,23,24). The molecule has 4 N–H and O–H groups in total. The minimum absolute atomic E-state index is 0.252. The first-order chi connectivity index (χ1) is 23.0. The number of hydrogen-bond acceptors (Lipinski definition) is 8. The lowest BCUT2D eigenvalue weighted by molar-refractivity contribution is 0.618. The van der Waals surface area contributed by atoms with Crippen LogP contribution in [0.3, 0.4) is 0 Å². The number of rotatable bonds is 6. The number of nitrogens with one attached hydrogen (secondary N) is 4. The minimum atomic E-state index is -0.285. The Hall–Kier alpha value is -6.40. The van der Waals surface area contributed by atoms with E-state index >= 15 is 0 Å². The molecule has 0 aliphatic rings. The van der Waals surface area contributed by atoms with Crippen LogP contribution < -0.4 is 10.6 Å². The Morgan fingerprint density at radius 1 is 0.604 bits per heavy atom. The number of halogens is 2. The molecule has 6 rings (SSSR count). The second-order valence-corrected chi connectivity index (χ2v) is 11.2. The number of aromatic nitrogens is 6. The number of nitriles is 2. The highest BCUT2D eigenvalue weighted by Crippen LogP contribution is 2.30. The largest absolute Gasteiger partial charge is 0.350 e. The van der Waals surface area contributed by atoms with Crippen molar-refractivity contribution in [3.63, 3.8) is 0 Å². The van der Waals surface area contributed by atoms with Crippen molar-refractivity contribution in [3.05, 3.63) is 118 Å². The molecule has 0 saturated carbocycles. The quantitative estimate of drug-likeness (QED) is 0.141. The summed E-state index contributed by atoms with van der Waals surface area (Å²) in [6.07, 6.45) is 3.28. The lowest BCUT2D eigenvalue weighted by Crippen LogP contribution is -1.99. The topological polar surface area (TPSA) is 155 Å². The van der Waals surface area contributed by atoms with E-state index in [9.17, 15) is 8.78 Å². The molecule has 6 aromatic rings. The zero-order valence-electron chi connectivity index (χ0n) is 27.2. The zero-order chi connectivity index (χ0) is 34.5. The molecule has 0 unspecified atom stereocenters. The normalized spacial score (nSPS) is 10.5. The van der Waals surface area contributed by atoms with Crippen LogP contribution in [0.1, 0.15) is 45.0 Å². The van der Waals surface area contributed by atoms with Crippen LogP contribution in [0.15, 0.2) is 60.9 Å². The van der Waals surface area contributed by atoms with Gasteiger partial charge in [-0.25, -0.2) is 28.7 Å². The molecule has 0 saturated heterocycles. The van der Waals surface area contributed by atoms with Crippen LogP contribution in [0.4, 0.5) is 32.1 Å². The molecule has 48 heavy (non-hydrogen) atoms. The number of benzene rings is 2. The van der Waals surface area contributed by atoms with Gasteiger partial charge in [0.25, 0.3) is 0 Å². The average Bonchev–Trinajstić information content (AvgIpc) is 3.53. The maximum atomic E-state index is 13.7. The van der Waals surface area contributed by atoms with Gasteiger partial charge in [-0.1, -0.05) is 6.07 Å². The fourth-order valence-corrected chi connectivity index (χ4v) is 5.26. The maximum absolute atomic E-state index is 13.7. The van der Waals surface area contributed by atoms with Gasteiger partial charge in [0.15, 0.2) is 0 Å². The molecule has 4 heterocycles. The Morgan fingerprint density at radius 2 is 1.08 bits per heavy atom. The smallest absolute Gasteiger partial charge is 0.227 e. The molecule has 0 fully saturated rings. The summed E-state index contributed by atoms with van der Waals surface area (Å²) in [6.45, 7) is 11.0. The summed E-state index contributed by atoms with van der Waals surface area (Å²) in [5.74, 6) is 0.247. The van der Waals surface area contributed by atoms with Crippen molar-refractivity contribution < 1.29 is 8.78 Å². The molecule has 12 heteroatoms. The molecule has 0 aliphatic carbocycles. The van der Waals surface area contributed by atoms with Gasteiger partial charge in [0.2, 0.25) is 11.9 Å². The summed E-state index contributed by atoms with van der Waals surface area (Å²) in [7, 11) is 0. The highest BCUT2D eigenvalue weighted by molar-refractivity contribution is 5.71. The van der Waals surface area contributed by atoms with E-state index in [0.29, 0.717) is 51.5 Å². The average molecular weight is 643 g/mol. The summed E-state index contributed by atoms with van der Waals surface area (Å²) >= 11 is 0. The first kappa shape index (κ1) is 33.0. The number of anilines is 4. The number of H-pyrrole nitrogens is 2. The fraction of sp³-hybridized carbons (Fsp3) is 0.167. The van der Waals surface area contributed by atoms with E-state index < -0.39 is 0 Å². The lowest BCUT2D eigenvalue weighted by Gasteiger charge is -2.08. The molecule has 0 radical (unpaired) electrons. The molecule has 0 aliphatic heterocycles. The Morgan fingerprint density at radius 3 is 1.52 bits per heavy atom. The van der Waals surface area contributed by atoms with Crippen molar-refractivity contribution in [2.24, 2.45) is 0 Å². The van der Waals surface area contributed by atoms with Crippen molar-refractivity contribution in [2.45, 2.75) is 41.5 Å². The summed E-state index contributed by atoms with van der Waals surface area (Å²) < 4.78 is 27.0. The van der Waals surface area contributed by atoms with E-state index in [1.807, 2.05) is 27.7 Å². The van der Waals surface area contributed by atoms with Crippen LogP contribution in [0.5, 0.6) is 0 Å². The Labute approximate surface area is 276 Å². The first-order valence-electron chi connectivity index (χ1n) is 14.9. The van der Waals surface area contributed by atoms with Gasteiger partial charge in [-0.15, -0.1) is 0 Å². The van der Waals surface area contributed by atoms with Crippen LogP contribution in [0, 0.1) is 75.8 Å². The Kier molecular flexibility index (Phi) is 9.57. The second-order valence-electron chi connectivity index (χ2n) is 11.2.